The van der Waals surface area contributed by atoms with Gasteiger partial charge in [-0.2, -0.15) is 0 Å². The van der Waals surface area contributed by atoms with Crippen molar-refractivity contribution in [2.75, 3.05) is 0 Å². The topological polar surface area (TPSA) is 166 Å². The van der Waals surface area contributed by atoms with Crippen molar-refractivity contribution in [2.45, 2.75) is 141 Å². The smallest absolute Gasteiger partial charge is 0.341 e. The van der Waals surface area contributed by atoms with Crippen LogP contribution in [0.2, 0.25) is 0 Å². The van der Waals surface area contributed by atoms with Gasteiger partial charge in [-0.05, 0) is 44.8 Å². The maximum atomic E-state index is 12.9. The highest BCUT2D eigenvalue weighted by Crippen LogP contribution is 2.57. The second-order valence-corrected chi connectivity index (χ2v) is 11.7. The van der Waals surface area contributed by atoms with Crippen molar-refractivity contribution in [3.63, 3.8) is 0 Å². The molecule has 11 heteroatoms. The number of aliphatic hydroxyl groups is 3. The Balaban J connectivity index is 2.08. The maximum absolute atomic E-state index is 12.9. The summed E-state index contributed by atoms with van der Waals surface area (Å²) in [7, 11) is 0. The third-order valence-electron chi connectivity index (χ3n) is 8.55. The zero-order valence-electron chi connectivity index (χ0n) is 24.4. The molecule has 0 aromatic carbocycles. The SMILES string of the molecule is CCCCCCCC(=O)O[C@H]1[C@H]2C(=C(C)[C@@H]1O)[C@@H]1OC(=O)[C@@](C)(O)[C@@]1(O)[C@@H](OC(=O)CCC)C[C@]2(C)OC(C)=O. The Bertz CT molecular complexity index is 1030. The largest absolute Gasteiger partial charge is 0.459 e. The highest BCUT2D eigenvalue weighted by atomic mass is 16.6. The van der Waals surface area contributed by atoms with Gasteiger partial charge in [0.15, 0.2) is 17.3 Å². The molecule has 3 aliphatic rings. The van der Waals surface area contributed by atoms with Crippen LogP contribution in [-0.4, -0.2) is 80.4 Å². The molecule has 0 bridgehead atoms. The Hall–Kier alpha value is -2.50. The second-order valence-electron chi connectivity index (χ2n) is 11.7. The zero-order valence-corrected chi connectivity index (χ0v) is 24.4. The molecule has 0 spiro atoms. The van der Waals surface area contributed by atoms with Crippen LogP contribution < -0.4 is 0 Å². The van der Waals surface area contributed by atoms with Gasteiger partial charge in [0, 0.05) is 26.2 Å². The van der Waals surface area contributed by atoms with Gasteiger partial charge in [-0.1, -0.05) is 39.5 Å². The van der Waals surface area contributed by atoms with Gasteiger partial charge in [0.1, 0.15) is 23.9 Å². The number of carbonyl (C=O) groups is 4. The highest BCUT2D eigenvalue weighted by molar-refractivity contribution is 5.85. The molecular weight excluding hydrogens is 524 g/mol. The summed E-state index contributed by atoms with van der Waals surface area (Å²) in [5.74, 6) is -4.18. The summed E-state index contributed by atoms with van der Waals surface area (Å²) in [5, 5.41) is 34.6. The molecule has 1 saturated carbocycles. The highest BCUT2D eigenvalue weighted by Gasteiger charge is 2.75. The quantitative estimate of drug-likeness (QED) is 0.145. The third-order valence-corrected chi connectivity index (χ3v) is 8.55. The first-order chi connectivity index (χ1) is 18.6. The molecule has 11 nitrogen and oxygen atoms in total. The molecule has 1 saturated heterocycles. The van der Waals surface area contributed by atoms with Crippen molar-refractivity contribution < 1.29 is 53.4 Å². The maximum Gasteiger partial charge on any atom is 0.341 e. The predicted octanol–water partition coefficient (Wildman–Crippen LogP) is 2.41. The number of unbranched alkanes of at least 4 members (excludes halogenated alkanes) is 4. The lowest BCUT2D eigenvalue weighted by molar-refractivity contribution is -0.211. The summed E-state index contributed by atoms with van der Waals surface area (Å²) in [6.07, 6.45) is -1.02. The molecule has 8 atom stereocenters. The van der Waals surface area contributed by atoms with E-state index < -0.39 is 71.0 Å². The molecule has 226 valence electrons. The Labute approximate surface area is 235 Å². The molecule has 0 aromatic heterocycles. The zero-order chi connectivity index (χ0) is 30.0. The van der Waals surface area contributed by atoms with E-state index in [-0.39, 0.29) is 30.4 Å². The molecule has 1 aliphatic heterocycles. The summed E-state index contributed by atoms with van der Waals surface area (Å²) in [6, 6.07) is 0. The van der Waals surface area contributed by atoms with E-state index in [0.29, 0.717) is 12.8 Å². The minimum atomic E-state index is -2.52. The number of carbonyl (C=O) groups excluding carboxylic acids is 4. The van der Waals surface area contributed by atoms with E-state index in [4.69, 9.17) is 18.9 Å². The molecule has 40 heavy (non-hydrogen) atoms. The van der Waals surface area contributed by atoms with Gasteiger partial charge < -0.3 is 34.3 Å². The summed E-state index contributed by atoms with van der Waals surface area (Å²) >= 11 is 0. The van der Waals surface area contributed by atoms with E-state index in [1.54, 1.807) is 6.92 Å². The summed E-state index contributed by atoms with van der Waals surface area (Å²) in [4.78, 5) is 50.8. The van der Waals surface area contributed by atoms with E-state index in [2.05, 4.69) is 6.92 Å². The lowest BCUT2D eigenvalue weighted by atomic mass is 9.75. The van der Waals surface area contributed by atoms with Gasteiger partial charge in [-0.3, -0.25) is 14.4 Å². The Morgan fingerprint density at radius 2 is 1.60 bits per heavy atom. The van der Waals surface area contributed by atoms with E-state index in [1.807, 2.05) is 0 Å². The van der Waals surface area contributed by atoms with Crippen molar-refractivity contribution in [3.05, 3.63) is 11.1 Å². The average molecular weight is 569 g/mol. The van der Waals surface area contributed by atoms with Crippen molar-refractivity contribution >= 4 is 23.9 Å². The molecule has 0 amide bonds. The number of rotatable bonds is 11. The number of esters is 4. The minimum Gasteiger partial charge on any atom is -0.459 e. The lowest BCUT2D eigenvalue weighted by Gasteiger charge is -2.41. The Morgan fingerprint density at radius 1 is 0.975 bits per heavy atom. The summed E-state index contributed by atoms with van der Waals surface area (Å²) in [5.41, 5.74) is -6.24. The molecule has 2 aliphatic carbocycles. The average Bonchev–Trinajstić information content (AvgIpc) is 3.17. The van der Waals surface area contributed by atoms with Crippen LogP contribution in [0.1, 0.15) is 99.3 Å². The van der Waals surface area contributed by atoms with Gasteiger partial charge in [-0.25, -0.2) is 4.79 Å². The van der Waals surface area contributed by atoms with Crippen LogP contribution in [-0.2, 0) is 38.1 Å². The lowest BCUT2D eigenvalue weighted by Crippen LogP contribution is -2.64. The number of hydrogen-bond donors (Lipinski definition) is 3. The van der Waals surface area contributed by atoms with Crippen LogP contribution in [0.3, 0.4) is 0 Å². The summed E-state index contributed by atoms with van der Waals surface area (Å²) < 4.78 is 22.8. The standard InChI is InChI=1S/C29H44O11/c1-7-9-10-11-12-14-20(32)38-24-22-21(16(3)23(24)33)25-29(36,28(6,35)26(34)39-25)18(37-19(31)13-8-2)15-27(22,5)40-17(4)30/h18,22-25,33,35-36H,7-15H2,1-6H3/t18-,22+,23-,24-,25-,27-,28+,29+/m0/s1. The van der Waals surface area contributed by atoms with E-state index in [9.17, 15) is 34.5 Å². The van der Waals surface area contributed by atoms with Gasteiger partial charge >= 0.3 is 23.9 Å². The van der Waals surface area contributed by atoms with Crippen molar-refractivity contribution in [1.29, 1.82) is 0 Å². The summed E-state index contributed by atoms with van der Waals surface area (Å²) in [6.45, 7) is 9.15. The van der Waals surface area contributed by atoms with Crippen LogP contribution >= 0.6 is 0 Å². The van der Waals surface area contributed by atoms with Crippen LogP contribution in [0.5, 0.6) is 0 Å². The van der Waals surface area contributed by atoms with Gasteiger partial charge in [-0.15, -0.1) is 0 Å². The Morgan fingerprint density at radius 3 is 2.20 bits per heavy atom. The fourth-order valence-corrected chi connectivity index (χ4v) is 6.43. The first kappa shape index (κ1) is 32.0. The fraction of sp³-hybridized carbons (Fsp3) is 0.793. The molecule has 3 N–H and O–H groups in total. The first-order valence-corrected chi connectivity index (χ1v) is 14.3. The van der Waals surface area contributed by atoms with Crippen molar-refractivity contribution in [3.8, 4) is 0 Å². The normalized spacial score (nSPS) is 36.8. The molecule has 0 aromatic rings. The van der Waals surface area contributed by atoms with Crippen molar-refractivity contribution in [2.24, 2.45) is 5.92 Å². The van der Waals surface area contributed by atoms with Gasteiger partial charge in [0.25, 0.3) is 0 Å². The molecule has 0 unspecified atom stereocenters. The molecule has 0 radical (unpaired) electrons. The van der Waals surface area contributed by atoms with E-state index in [0.717, 1.165) is 32.6 Å². The van der Waals surface area contributed by atoms with Crippen molar-refractivity contribution in [1.82, 2.24) is 0 Å². The molecule has 1 heterocycles. The van der Waals surface area contributed by atoms with Gasteiger partial charge in [0.2, 0.25) is 0 Å². The minimum absolute atomic E-state index is 0.000827. The number of aliphatic hydroxyl groups excluding tert-OH is 1. The molecule has 2 fully saturated rings. The number of hydrogen-bond acceptors (Lipinski definition) is 11. The second kappa shape index (κ2) is 12.2. The van der Waals surface area contributed by atoms with Crippen LogP contribution in [0.25, 0.3) is 0 Å². The fourth-order valence-electron chi connectivity index (χ4n) is 6.43. The molecule has 3 rings (SSSR count). The van der Waals surface area contributed by atoms with E-state index in [1.165, 1.54) is 20.8 Å². The number of fused-ring (bicyclic) bond motifs is 3. The third kappa shape index (κ3) is 5.65. The van der Waals surface area contributed by atoms with Crippen LogP contribution in [0.15, 0.2) is 11.1 Å². The van der Waals surface area contributed by atoms with Crippen LogP contribution in [0, 0.1) is 5.92 Å². The van der Waals surface area contributed by atoms with Gasteiger partial charge in [0.05, 0.1) is 5.92 Å². The van der Waals surface area contributed by atoms with Crippen LogP contribution in [0.4, 0.5) is 0 Å². The predicted molar refractivity (Wildman–Crippen MR) is 140 cm³/mol. The van der Waals surface area contributed by atoms with E-state index >= 15 is 0 Å². The number of ether oxygens (including phenoxy) is 4. The monoisotopic (exact) mass is 568 g/mol. The Kier molecular flexibility index (Phi) is 9.74. The first-order valence-electron chi connectivity index (χ1n) is 14.3. The molecular formula is C29H44O11.